The Bertz CT molecular complexity index is 543. The van der Waals surface area contributed by atoms with E-state index in [0.717, 1.165) is 14.7 Å². The molecule has 0 unspecified atom stereocenters. The molecule has 0 aliphatic heterocycles. The van der Waals surface area contributed by atoms with E-state index < -0.39 is 0 Å². The van der Waals surface area contributed by atoms with Crippen LogP contribution in [0.4, 0.5) is 0 Å². The molecular weight excluding hydrogens is 360 g/mol. The second-order valence-corrected chi connectivity index (χ2v) is 5.72. The molecule has 0 aliphatic carbocycles. The van der Waals surface area contributed by atoms with Crippen LogP contribution in [-0.2, 0) is 0 Å². The van der Waals surface area contributed by atoms with Crippen LogP contribution in [0.25, 0.3) is 0 Å². The van der Waals surface area contributed by atoms with Gasteiger partial charge in [0.05, 0.1) is 8.95 Å². The first-order valence-corrected chi connectivity index (χ1v) is 7.05. The first-order chi connectivity index (χ1) is 8.56. The number of aromatic nitrogens is 2. The summed E-state index contributed by atoms with van der Waals surface area (Å²) < 4.78 is 7.63. The molecule has 0 saturated heterocycles. The largest absolute Gasteiger partial charge is 0.482 e. The topological polar surface area (TPSA) is 35.0 Å². The van der Waals surface area contributed by atoms with Crippen LogP contribution in [0, 0.1) is 6.92 Å². The lowest BCUT2D eigenvalue weighted by Crippen LogP contribution is -2.07. The van der Waals surface area contributed by atoms with Crippen molar-refractivity contribution in [1.82, 2.24) is 9.97 Å². The number of hydrogen-bond acceptors (Lipinski definition) is 3. The highest BCUT2D eigenvalue weighted by atomic mass is 79.9. The van der Waals surface area contributed by atoms with Crippen LogP contribution in [0.3, 0.4) is 0 Å². The van der Waals surface area contributed by atoms with Gasteiger partial charge in [0.25, 0.3) is 0 Å². The van der Waals surface area contributed by atoms with Gasteiger partial charge >= 0.3 is 0 Å². The van der Waals surface area contributed by atoms with Gasteiger partial charge in [-0.3, -0.25) is 0 Å². The fraction of sp³-hybridized carbons (Fsp3) is 0.231. The molecule has 0 aliphatic rings. The molecule has 0 fully saturated rings. The zero-order valence-electron chi connectivity index (χ0n) is 10.0. The Morgan fingerprint density at radius 3 is 2.44 bits per heavy atom. The predicted octanol–water partition coefficient (Wildman–Crippen LogP) is 4.45. The lowest BCUT2D eigenvalue weighted by molar-refractivity contribution is 0.215. The summed E-state index contributed by atoms with van der Waals surface area (Å²) in [5, 5.41) is 0. The van der Waals surface area contributed by atoms with Crippen molar-refractivity contribution in [2.75, 3.05) is 0 Å². The average molecular weight is 372 g/mol. The quantitative estimate of drug-likeness (QED) is 0.799. The number of aryl methyl sites for hydroxylation is 1. The maximum absolute atomic E-state index is 5.84. The molecule has 94 valence electrons. The van der Waals surface area contributed by atoms with E-state index in [0.29, 0.717) is 5.82 Å². The molecule has 0 saturated carbocycles. The van der Waals surface area contributed by atoms with Crippen molar-refractivity contribution in [3.63, 3.8) is 0 Å². The Balaban J connectivity index is 2.15. The molecule has 0 radical (unpaired) electrons. The molecule has 2 aromatic rings. The molecule has 5 heteroatoms. The van der Waals surface area contributed by atoms with Crippen molar-refractivity contribution >= 4 is 31.9 Å². The second kappa shape index (κ2) is 5.80. The van der Waals surface area contributed by atoms with E-state index in [4.69, 9.17) is 4.74 Å². The van der Waals surface area contributed by atoms with Crippen molar-refractivity contribution in [1.29, 1.82) is 0 Å². The van der Waals surface area contributed by atoms with Gasteiger partial charge in [0.2, 0.25) is 0 Å². The normalized spacial score (nSPS) is 12.2. The smallest absolute Gasteiger partial charge is 0.169 e. The average Bonchev–Trinajstić information content (AvgIpc) is 2.33. The highest BCUT2D eigenvalue weighted by Crippen LogP contribution is 2.29. The van der Waals surface area contributed by atoms with E-state index in [1.54, 1.807) is 12.4 Å². The Hall–Kier alpha value is -0.940. The summed E-state index contributed by atoms with van der Waals surface area (Å²) in [4.78, 5) is 8.45. The summed E-state index contributed by atoms with van der Waals surface area (Å²) in [7, 11) is 0. The molecule has 1 aromatic carbocycles. The molecule has 2 rings (SSSR count). The third-order valence-electron chi connectivity index (χ3n) is 2.40. The van der Waals surface area contributed by atoms with Crippen LogP contribution >= 0.6 is 31.9 Å². The third kappa shape index (κ3) is 3.29. The van der Waals surface area contributed by atoms with Gasteiger partial charge in [-0.25, -0.2) is 9.97 Å². The van der Waals surface area contributed by atoms with E-state index in [-0.39, 0.29) is 6.10 Å². The minimum atomic E-state index is -0.197. The zero-order valence-corrected chi connectivity index (χ0v) is 13.2. The van der Waals surface area contributed by atoms with Gasteiger partial charge in [0.15, 0.2) is 11.9 Å². The van der Waals surface area contributed by atoms with E-state index in [9.17, 15) is 0 Å². The molecule has 0 amide bonds. The molecule has 1 heterocycles. The molecular formula is C13H12Br2N2O. The van der Waals surface area contributed by atoms with E-state index in [1.165, 1.54) is 5.56 Å². The number of ether oxygens (including phenoxy) is 1. The van der Waals surface area contributed by atoms with E-state index in [2.05, 4.69) is 41.8 Å². The number of nitrogens with zero attached hydrogens (tertiary/aromatic N) is 2. The molecule has 3 nitrogen and oxygen atoms in total. The van der Waals surface area contributed by atoms with E-state index >= 15 is 0 Å². The zero-order chi connectivity index (χ0) is 13.1. The standard InChI is InChI=1S/C13H12Br2N2O/c1-8-3-4-12(11(15)5-8)18-9(2)13-16-6-10(14)7-17-13/h3-7,9H,1-2H3/t9-/m1/s1. The lowest BCUT2D eigenvalue weighted by Gasteiger charge is -2.14. The predicted molar refractivity (Wildman–Crippen MR) is 77.7 cm³/mol. The highest BCUT2D eigenvalue weighted by molar-refractivity contribution is 9.10. The van der Waals surface area contributed by atoms with Crippen molar-refractivity contribution in [3.05, 3.63) is 50.9 Å². The van der Waals surface area contributed by atoms with Gasteiger partial charge in [-0.1, -0.05) is 6.07 Å². The summed E-state index contributed by atoms with van der Waals surface area (Å²) in [5.41, 5.74) is 1.18. The van der Waals surface area contributed by atoms with E-state index in [1.807, 2.05) is 32.0 Å². The van der Waals surface area contributed by atoms with Crippen molar-refractivity contribution in [2.24, 2.45) is 0 Å². The molecule has 0 spiro atoms. The van der Waals surface area contributed by atoms with Crippen LogP contribution in [-0.4, -0.2) is 9.97 Å². The number of halogens is 2. The van der Waals surface area contributed by atoms with Crippen LogP contribution in [0.5, 0.6) is 5.75 Å². The van der Waals surface area contributed by atoms with Crippen LogP contribution < -0.4 is 4.74 Å². The van der Waals surface area contributed by atoms with Crippen LogP contribution in [0.15, 0.2) is 39.5 Å². The number of hydrogen-bond donors (Lipinski definition) is 0. The van der Waals surface area contributed by atoms with Gasteiger partial charge in [-0.15, -0.1) is 0 Å². The van der Waals surface area contributed by atoms with Crippen LogP contribution in [0.2, 0.25) is 0 Å². The Kier molecular flexibility index (Phi) is 4.35. The number of rotatable bonds is 3. The van der Waals surface area contributed by atoms with Gasteiger partial charge < -0.3 is 4.74 Å². The summed E-state index contributed by atoms with van der Waals surface area (Å²) in [6, 6.07) is 5.97. The minimum absolute atomic E-state index is 0.197. The number of benzene rings is 1. The SMILES string of the molecule is Cc1ccc(O[C@H](C)c2ncc(Br)cn2)c(Br)c1. The lowest BCUT2D eigenvalue weighted by atomic mass is 10.2. The second-order valence-electron chi connectivity index (χ2n) is 3.95. The van der Waals surface area contributed by atoms with Crippen molar-refractivity contribution in [3.8, 4) is 5.75 Å². The summed E-state index contributed by atoms with van der Waals surface area (Å²) in [5.74, 6) is 1.45. The first kappa shape index (κ1) is 13.5. The third-order valence-corrected chi connectivity index (χ3v) is 3.42. The fourth-order valence-corrected chi connectivity index (χ4v) is 2.27. The summed E-state index contributed by atoms with van der Waals surface area (Å²) in [6.45, 7) is 3.96. The molecule has 1 atom stereocenters. The summed E-state index contributed by atoms with van der Waals surface area (Å²) in [6.07, 6.45) is 3.23. The first-order valence-electron chi connectivity index (χ1n) is 5.46. The van der Waals surface area contributed by atoms with Crippen molar-refractivity contribution < 1.29 is 4.74 Å². The van der Waals surface area contributed by atoms with Gasteiger partial charge in [0, 0.05) is 12.4 Å². The van der Waals surface area contributed by atoms with Crippen molar-refractivity contribution in [2.45, 2.75) is 20.0 Å². The summed E-state index contributed by atoms with van der Waals surface area (Å²) >= 11 is 6.79. The fourth-order valence-electron chi connectivity index (χ4n) is 1.48. The molecule has 18 heavy (non-hydrogen) atoms. The van der Waals surface area contributed by atoms with Gasteiger partial charge in [0.1, 0.15) is 5.75 Å². The Morgan fingerprint density at radius 1 is 1.17 bits per heavy atom. The van der Waals surface area contributed by atoms with Gasteiger partial charge in [-0.2, -0.15) is 0 Å². The van der Waals surface area contributed by atoms with Gasteiger partial charge in [-0.05, 0) is 63.4 Å². The minimum Gasteiger partial charge on any atom is -0.482 e. The monoisotopic (exact) mass is 370 g/mol. The highest BCUT2D eigenvalue weighted by Gasteiger charge is 2.12. The van der Waals surface area contributed by atoms with Crippen LogP contribution in [0.1, 0.15) is 24.4 Å². The molecule has 1 aromatic heterocycles. The maximum Gasteiger partial charge on any atom is 0.169 e. The Morgan fingerprint density at radius 2 is 1.83 bits per heavy atom. The maximum atomic E-state index is 5.84. The Labute approximate surface area is 123 Å². The molecule has 0 bridgehead atoms. The molecule has 0 N–H and O–H groups in total.